The summed E-state index contributed by atoms with van der Waals surface area (Å²) in [6.45, 7) is 3.30. The van der Waals surface area contributed by atoms with Crippen molar-refractivity contribution in [2.45, 2.75) is 32.8 Å². The van der Waals surface area contributed by atoms with E-state index in [0.717, 1.165) is 12.1 Å². The summed E-state index contributed by atoms with van der Waals surface area (Å²) in [6.07, 6.45) is -1.39. The second-order valence-corrected chi connectivity index (χ2v) is 6.10. The van der Waals surface area contributed by atoms with E-state index in [0.29, 0.717) is 0 Å². The number of aliphatic carboxylic acids is 1. The third-order valence-electron chi connectivity index (χ3n) is 2.77. The van der Waals surface area contributed by atoms with E-state index in [2.05, 4.69) is 15.9 Å². The first-order chi connectivity index (χ1) is 8.62. The summed E-state index contributed by atoms with van der Waals surface area (Å²) in [5, 5.41) is 18.7. The van der Waals surface area contributed by atoms with Crippen molar-refractivity contribution in [1.29, 1.82) is 0 Å². The van der Waals surface area contributed by atoms with E-state index in [9.17, 15) is 18.7 Å². The zero-order chi connectivity index (χ0) is 14.8. The lowest BCUT2D eigenvalue weighted by Crippen LogP contribution is -2.20. The first kappa shape index (κ1) is 16.0. The van der Waals surface area contributed by atoms with E-state index >= 15 is 0 Å². The molecule has 2 N–H and O–H groups in total. The summed E-state index contributed by atoms with van der Waals surface area (Å²) in [5.41, 5.74) is -0.888. The molecule has 0 radical (unpaired) electrons. The summed E-state index contributed by atoms with van der Waals surface area (Å²) in [7, 11) is 0. The molecular weight excluding hydrogens is 322 g/mol. The zero-order valence-electron chi connectivity index (χ0n) is 10.6. The van der Waals surface area contributed by atoms with Crippen molar-refractivity contribution in [3.8, 4) is 0 Å². The van der Waals surface area contributed by atoms with Crippen molar-refractivity contribution >= 4 is 21.9 Å². The Bertz CT molecular complexity index is 489. The number of halogens is 3. The van der Waals surface area contributed by atoms with Gasteiger partial charge < -0.3 is 10.2 Å². The molecule has 0 aromatic heterocycles. The van der Waals surface area contributed by atoms with Crippen molar-refractivity contribution in [2.75, 3.05) is 0 Å². The van der Waals surface area contributed by atoms with Crippen molar-refractivity contribution in [3.05, 3.63) is 33.8 Å². The molecule has 0 aliphatic rings. The van der Waals surface area contributed by atoms with Crippen LogP contribution in [-0.4, -0.2) is 16.2 Å². The van der Waals surface area contributed by atoms with E-state index in [1.807, 2.05) is 0 Å². The summed E-state index contributed by atoms with van der Waals surface area (Å²) in [5.74, 6) is -2.40. The van der Waals surface area contributed by atoms with Gasteiger partial charge in [0.05, 0.1) is 17.0 Å². The Morgan fingerprint density at radius 1 is 1.37 bits per heavy atom. The average molecular weight is 337 g/mol. The normalized spacial score (nSPS) is 13.4. The largest absolute Gasteiger partial charge is 0.481 e. The lowest BCUT2D eigenvalue weighted by molar-refractivity contribution is -0.139. The molecule has 1 aromatic carbocycles. The monoisotopic (exact) mass is 336 g/mol. The Balaban J connectivity index is 2.92. The third-order valence-corrected chi connectivity index (χ3v) is 3.38. The molecule has 0 aliphatic heterocycles. The Morgan fingerprint density at radius 2 is 1.95 bits per heavy atom. The Morgan fingerprint density at radius 3 is 2.47 bits per heavy atom. The van der Waals surface area contributed by atoms with Gasteiger partial charge in [0, 0.05) is 5.56 Å². The molecule has 0 aliphatic carbocycles. The van der Waals surface area contributed by atoms with Crippen LogP contribution in [0.5, 0.6) is 0 Å². The van der Waals surface area contributed by atoms with Gasteiger partial charge in [-0.1, -0.05) is 13.8 Å². The van der Waals surface area contributed by atoms with Crippen molar-refractivity contribution < 1.29 is 23.8 Å². The first-order valence-corrected chi connectivity index (χ1v) is 6.46. The maximum Gasteiger partial charge on any atom is 0.303 e. The second-order valence-electron chi connectivity index (χ2n) is 5.24. The van der Waals surface area contributed by atoms with Crippen LogP contribution in [-0.2, 0) is 4.79 Å². The molecule has 0 fully saturated rings. The van der Waals surface area contributed by atoms with Gasteiger partial charge in [0.1, 0.15) is 11.6 Å². The number of rotatable bonds is 5. The fourth-order valence-corrected chi connectivity index (χ4v) is 2.22. The molecule has 3 nitrogen and oxygen atoms in total. The van der Waals surface area contributed by atoms with Gasteiger partial charge in [0.25, 0.3) is 0 Å². The molecule has 0 saturated heterocycles. The van der Waals surface area contributed by atoms with Crippen LogP contribution in [0.1, 0.15) is 38.4 Å². The fraction of sp³-hybridized carbons (Fsp3) is 0.462. The van der Waals surface area contributed by atoms with Gasteiger partial charge in [-0.2, -0.15) is 0 Å². The average Bonchev–Trinajstić information content (AvgIpc) is 2.20. The minimum absolute atomic E-state index is 0.0225. The highest BCUT2D eigenvalue weighted by molar-refractivity contribution is 9.10. The van der Waals surface area contributed by atoms with Crippen molar-refractivity contribution in [1.82, 2.24) is 0 Å². The predicted molar refractivity (Wildman–Crippen MR) is 69.7 cm³/mol. The minimum atomic E-state index is -1.25. The lowest BCUT2D eigenvalue weighted by atomic mass is 9.82. The van der Waals surface area contributed by atoms with E-state index in [-0.39, 0.29) is 22.9 Å². The zero-order valence-corrected chi connectivity index (χ0v) is 12.2. The van der Waals surface area contributed by atoms with Crippen LogP contribution >= 0.6 is 15.9 Å². The van der Waals surface area contributed by atoms with Crippen molar-refractivity contribution in [2.24, 2.45) is 5.41 Å². The quantitative estimate of drug-likeness (QED) is 0.807. The number of hydrogen-bond donors (Lipinski definition) is 2. The number of carboxylic acids is 1. The highest BCUT2D eigenvalue weighted by Crippen LogP contribution is 2.35. The van der Waals surface area contributed by atoms with Crippen LogP contribution in [0.4, 0.5) is 8.78 Å². The van der Waals surface area contributed by atoms with Crippen LogP contribution in [0, 0.1) is 17.0 Å². The molecule has 6 heteroatoms. The van der Waals surface area contributed by atoms with E-state index < -0.39 is 29.1 Å². The Labute approximate surface area is 118 Å². The second kappa shape index (κ2) is 5.96. The van der Waals surface area contributed by atoms with Gasteiger partial charge in [0.2, 0.25) is 0 Å². The molecule has 0 saturated carbocycles. The smallest absolute Gasteiger partial charge is 0.303 e. The maximum absolute atomic E-state index is 13.6. The van der Waals surface area contributed by atoms with Gasteiger partial charge in [0.15, 0.2) is 0 Å². The number of aliphatic hydroxyl groups excluding tert-OH is 1. The minimum Gasteiger partial charge on any atom is -0.481 e. The third kappa shape index (κ3) is 4.54. The topological polar surface area (TPSA) is 57.5 Å². The number of carbonyl (C=O) groups is 1. The van der Waals surface area contributed by atoms with Gasteiger partial charge in [-0.05, 0) is 39.9 Å². The van der Waals surface area contributed by atoms with E-state index in [4.69, 9.17) is 5.11 Å². The SMILES string of the molecule is CC(C)(CC(=O)O)CC(O)c1cc(F)c(Br)cc1F. The number of carboxylic acid groups (broad SMARTS) is 1. The van der Waals surface area contributed by atoms with Crippen LogP contribution in [0.3, 0.4) is 0 Å². The molecule has 1 atom stereocenters. The van der Waals surface area contributed by atoms with E-state index in [1.54, 1.807) is 13.8 Å². The number of hydrogen-bond acceptors (Lipinski definition) is 2. The van der Waals surface area contributed by atoms with Crippen LogP contribution < -0.4 is 0 Å². The lowest BCUT2D eigenvalue weighted by Gasteiger charge is -2.26. The molecule has 0 amide bonds. The van der Waals surface area contributed by atoms with Gasteiger partial charge >= 0.3 is 5.97 Å². The van der Waals surface area contributed by atoms with Gasteiger partial charge in [-0.15, -0.1) is 0 Å². The summed E-state index contributed by atoms with van der Waals surface area (Å²) < 4.78 is 27.0. The summed E-state index contributed by atoms with van der Waals surface area (Å²) in [4.78, 5) is 10.7. The van der Waals surface area contributed by atoms with E-state index in [1.165, 1.54) is 0 Å². The maximum atomic E-state index is 13.6. The number of benzene rings is 1. The molecule has 19 heavy (non-hydrogen) atoms. The van der Waals surface area contributed by atoms with Gasteiger partial charge in [-0.25, -0.2) is 8.78 Å². The standard InChI is InChI=1S/C13H15BrF2O3/c1-13(2,6-12(18)19)5-11(17)7-3-10(16)8(14)4-9(7)15/h3-4,11,17H,5-6H2,1-2H3,(H,18,19). The molecular formula is C13H15BrF2O3. The molecule has 106 valence electrons. The predicted octanol–water partition coefficient (Wildman–Crippen LogP) is 3.65. The van der Waals surface area contributed by atoms with Gasteiger partial charge in [-0.3, -0.25) is 4.79 Å². The molecule has 0 spiro atoms. The summed E-state index contributed by atoms with van der Waals surface area (Å²) in [6, 6.07) is 1.86. The molecule has 0 bridgehead atoms. The molecule has 0 heterocycles. The first-order valence-electron chi connectivity index (χ1n) is 5.67. The van der Waals surface area contributed by atoms with Crippen molar-refractivity contribution in [3.63, 3.8) is 0 Å². The Kier molecular flexibility index (Phi) is 5.04. The molecule has 1 rings (SSSR count). The van der Waals surface area contributed by atoms with Crippen LogP contribution in [0.15, 0.2) is 16.6 Å². The van der Waals surface area contributed by atoms with Crippen LogP contribution in [0.2, 0.25) is 0 Å². The molecule has 1 unspecified atom stereocenters. The highest BCUT2D eigenvalue weighted by atomic mass is 79.9. The summed E-state index contributed by atoms with van der Waals surface area (Å²) >= 11 is 2.85. The Hall–Kier alpha value is -1.01. The molecule has 1 aromatic rings. The highest BCUT2D eigenvalue weighted by Gasteiger charge is 2.27. The number of aliphatic hydroxyl groups is 1. The van der Waals surface area contributed by atoms with Crippen LogP contribution in [0.25, 0.3) is 0 Å². The fourth-order valence-electron chi connectivity index (χ4n) is 1.91.